The monoisotopic (exact) mass is 660 g/mol. The standard InChI is InChI=1S/C29H30Cl2N6O6S/c1-29(2,3)43-28(38)33-16-19-14-26-32-17-27(36(26)18-22(19)21-9-8-20(30)15-23(21)31)34-10-12-35(13-11-34)44(41,42)25-7-5-4-6-24(25)37(39)40/h4-9,14-15,17-18H,10-13,16H2,1-3H3,(H,33,38). The fourth-order valence-electron chi connectivity index (χ4n) is 4.99. The lowest BCUT2D eigenvalue weighted by molar-refractivity contribution is -0.387. The van der Waals surface area contributed by atoms with E-state index >= 15 is 0 Å². The number of ether oxygens (including phenoxy) is 1. The molecule has 0 radical (unpaired) electrons. The van der Waals surface area contributed by atoms with E-state index in [1.54, 1.807) is 45.2 Å². The van der Waals surface area contributed by atoms with E-state index in [-0.39, 0.29) is 24.5 Å². The molecule has 1 amide bonds. The molecule has 12 nitrogen and oxygen atoms in total. The highest BCUT2D eigenvalue weighted by Crippen LogP contribution is 2.35. The maximum Gasteiger partial charge on any atom is 0.407 e. The molecule has 1 saturated heterocycles. The topological polar surface area (TPSA) is 139 Å². The molecule has 232 valence electrons. The highest BCUT2D eigenvalue weighted by molar-refractivity contribution is 7.89. The van der Waals surface area contributed by atoms with Gasteiger partial charge in [0.05, 0.1) is 11.1 Å². The van der Waals surface area contributed by atoms with Crippen LogP contribution in [0.1, 0.15) is 26.3 Å². The summed E-state index contributed by atoms with van der Waals surface area (Å²) in [6.07, 6.45) is 3.00. The molecular formula is C29H30Cl2N6O6S. The molecule has 0 aliphatic carbocycles. The molecule has 0 bridgehead atoms. The lowest BCUT2D eigenvalue weighted by Crippen LogP contribution is -2.49. The fourth-order valence-corrected chi connectivity index (χ4v) is 7.08. The molecule has 0 saturated carbocycles. The van der Waals surface area contributed by atoms with Crippen LogP contribution in [0, 0.1) is 10.1 Å². The van der Waals surface area contributed by atoms with Gasteiger partial charge in [-0.2, -0.15) is 4.31 Å². The van der Waals surface area contributed by atoms with Crippen LogP contribution in [-0.4, -0.2) is 64.9 Å². The second kappa shape index (κ2) is 12.2. The Labute approximate surface area is 264 Å². The Morgan fingerprint density at radius 3 is 2.43 bits per heavy atom. The zero-order valence-electron chi connectivity index (χ0n) is 24.2. The number of carbonyl (C=O) groups excluding carboxylic acids is 1. The number of rotatable bonds is 7. The predicted molar refractivity (Wildman–Crippen MR) is 168 cm³/mol. The minimum Gasteiger partial charge on any atom is -0.444 e. The minimum absolute atomic E-state index is 0.120. The van der Waals surface area contributed by atoms with Gasteiger partial charge in [0.25, 0.3) is 5.69 Å². The highest BCUT2D eigenvalue weighted by Gasteiger charge is 2.34. The number of nitro groups is 1. The van der Waals surface area contributed by atoms with E-state index in [0.29, 0.717) is 34.3 Å². The van der Waals surface area contributed by atoms with Crippen LogP contribution >= 0.6 is 23.2 Å². The van der Waals surface area contributed by atoms with Gasteiger partial charge in [-0.25, -0.2) is 18.2 Å². The van der Waals surface area contributed by atoms with Crippen molar-refractivity contribution < 1.29 is 22.9 Å². The van der Waals surface area contributed by atoms with E-state index < -0.39 is 32.3 Å². The summed E-state index contributed by atoms with van der Waals surface area (Å²) in [7, 11) is -4.08. The molecule has 1 fully saturated rings. The van der Waals surface area contributed by atoms with Gasteiger partial charge in [0.1, 0.15) is 17.1 Å². The number of hydrogen-bond acceptors (Lipinski definition) is 8. The van der Waals surface area contributed by atoms with E-state index in [9.17, 15) is 23.3 Å². The van der Waals surface area contributed by atoms with Crippen LogP contribution in [-0.2, 0) is 21.3 Å². The number of imidazole rings is 1. The second-order valence-electron chi connectivity index (χ2n) is 11.2. The molecule has 0 atom stereocenters. The summed E-state index contributed by atoms with van der Waals surface area (Å²) >= 11 is 12.8. The summed E-state index contributed by atoms with van der Waals surface area (Å²) in [6.45, 7) is 6.38. The van der Waals surface area contributed by atoms with Crippen LogP contribution in [0.3, 0.4) is 0 Å². The molecule has 5 rings (SSSR count). The third-order valence-electron chi connectivity index (χ3n) is 7.00. The first kappa shape index (κ1) is 31.5. The molecule has 3 heterocycles. The molecule has 1 N–H and O–H groups in total. The van der Waals surface area contributed by atoms with Crippen molar-refractivity contribution in [1.82, 2.24) is 19.0 Å². The Bertz CT molecular complexity index is 1850. The number of piperazine rings is 1. The fraction of sp³-hybridized carbons (Fsp3) is 0.310. The van der Waals surface area contributed by atoms with Gasteiger partial charge in [0.2, 0.25) is 10.0 Å². The van der Waals surface area contributed by atoms with Crippen molar-refractivity contribution in [2.45, 2.75) is 37.8 Å². The Morgan fingerprint density at radius 2 is 1.77 bits per heavy atom. The summed E-state index contributed by atoms with van der Waals surface area (Å²) in [4.78, 5) is 29.4. The largest absolute Gasteiger partial charge is 0.444 e. The van der Waals surface area contributed by atoms with Crippen LogP contribution in [0.25, 0.3) is 16.8 Å². The third kappa shape index (κ3) is 6.60. The van der Waals surface area contributed by atoms with Crippen LogP contribution in [0.2, 0.25) is 10.0 Å². The number of anilines is 1. The maximum atomic E-state index is 13.3. The second-order valence-corrected chi connectivity index (χ2v) is 13.9. The highest BCUT2D eigenvalue weighted by atomic mass is 35.5. The Balaban J connectivity index is 1.44. The van der Waals surface area contributed by atoms with Crippen molar-refractivity contribution in [2.24, 2.45) is 0 Å². The van der Waals surface area contributed by atoms with Gasteiger partial charge >= 0.3 is 6.09 Å². The van der Waals surface area contributed by atoms with Gasteiger partial charge in [0, 0.05) is 66.2 Å². The third-order valence-corrected chi connectivity index (χ3v) is 9.49. The van der Waals surface area contributed by atoms with Crippen molar-refractivity contribution in [3.05, 3.63) is 86.6 Å². The number of hydrogen-bond donors (Lipinski definition) is 1. The zero-order valence-corrected chi connectivity index (χ0v) is 26.5. The van der Waals surface area contributed by atoms with Gasteiger partial charge in [0.15, 0.2) is 4.90 Å². The molecule has 4 aromatic rings. The number of sulfonamides is 1. The molecule has 1 aliphatic rings. The molecule has 1 aliphatic heterocycles. The zero-order chi connectivity index (χ0) is 31.8. The number of fused-ring (bicyclic) bond motifs is 1. The van der Waals surface area contributed by atoms with Crippen molar-refractivity contribution in [1.29, 1.82) is 0 Å². The lowest BCUT2D eigenvalue weighted by atomic mass is 10.0. The molecule has 44 heavy (non-hydrogen) atoms. The summed E-state index contributed by atoms with van der Waals surface area (Å²) in [5.41, 5.74) is 1.65. The first-order valence-corrected chi connectivity index (χ1v) is 15.8. The van der Waals surface area contributed by atoms with E-state index in [4.69, 9.17) is 27.9 Å². The van der Waals surface area contributed by atoms with Crippen molar-refractivity contribution in [3.8, 4) is 11.1 Å². The predicted octanol–water partition coefficient (Wildman–Crippen LogP) is 5.75. The van der Waals surface area contributed by atoms with Gasteiger partial charge in [-0.1, -0.05) is 41.4 Å². The number of halogens is 2. The van der Waals surface area contributed by atoms with Gasteiger partial charge in [-0.3, -0.25) is 14.5 Å². The number of nitro benzene ring substituents is 1. The average molecular weight is 662 g/mol. The van der Waals surface area contributed by atoms with E-state index in [1.807, 2.05) is 21.6 Å². The number of aromatic nitrogens is 2. The van der Waals surface area contributed by atoms with Crippen LogP contribution in [0.5, 0.6) is 0 Å². The summed E-state index contributed by atoms with van der Waals surface area (Å²) in [6, 6.07) is 12.3. The summed E-state index contributed by atoms with van der Waals surface area (Å²) < 4.78 is 35.2. The van der Waals surface area contributed by atoms with E-state index in [2.05, 4.69) is 10.3 Å². The molecule has 15 heteroatoms. The smallest absolute Gasteiger partial charge is 0.407 e. The number of pyridine rings is 1. The van der Waals surface area contributed by atoms with Gasteiger partial charge < -0.3 is 15.0 Å². The number of amides is 1. The van der Waals surface area contributed by atoms with Crippen LogP contribution in [0.4, 0.5) is 16.3 Å². The molecule has 2 aromatic carbocycles. The number of nitrogens with one attached hydrogen (secondary N) is 1. The van der Waals surface area contributed by atoms with Gasteiger partial charge in [-0.05, 0) is 50.6 Å². The molecule has 2 aromatic heterocycles. The number of benzene rings is 2. The average Bonchev–Trinajstić information content (AvgIpc) is 3.37. The molecule has 0 unspecified atom stereocenters. The molecule has 0 spiro atoms. The number of nitrogens with zero attached hydrogens (tertiary/aromatic N) is 5. The van der Waals surface area contributed by atoms with Crippen LogP contribution in [0.15, 0.2) is 65.8 Å². The molecular weight excluding hydrogens is 631 g/mol. The minimum atomic E-state index is -4.08. The maximum absolute atomic E-state index is 13.3. The van der Waals surface area contributed by atoms with E-state index in [0.717, 1.165) is 16.9 Å². The Morgan fingerprint density at radius 1 is 1.07 bits per heavy atom. The first-order valence-electron chi connectivity index (χ1n) is 13.7. The normalized spacial score (nSPS) is 14.5. The van der Waals surface area contributed by atoms with Crippen LogP contribution < -0.4 is 10.2 Å². The first-order chi connectivity index (χ1) is 20.7. The Kier molecular flexibility index (Phi) is 8.76. The number of carbonyl (C=O) groups is 1. The Hall–Kier alpha value is -3.91. The quantitative estimate of drug-likeness (QED) is 0.195. The van der Waals surface area contributed by atoms with Gasteiger partial charge in [-0.15, -0.1) is 0 Å². The number of alkyl carbamates (subject to hydrolysis) is 1. The van der Waals surface area contributed by atoms with Crippen molar-refractivity contribution in [2.75, 3.05) is 31.1 Å². The lowest BCUT2D eigenvalue weighted by Gasteiger charge is -2.34. The van der Waals surface area contributed by atoms with Crippen molar-refractivity contribution >= 4 is 56.5 Å². The number of para-hydroxylation sites is 1. The van der Waals surface area contributed by atoms with Crippen molar-refractivity contribution in [3.63, 3.8) is 0 Å². The SMILES string of the molecule is CC(C)(C)OC(=O)NCc1cc2ncc(N3CCN(S(=O)(=O)c4ccccc4[N+](=O)[O-])CC3)n2cc1-c1ccc(Cl)cc1Cl. The summed E-state index contributed by atoms with van der Waals surface area (Å²) in [5, 5.41) is 15.2. The van der Waals surface area contributed by atoms with E-state index in [1.165, 1.54) is 28.6 Å². The summed E-state index contributed by atoms with van der Waals surface area (Å²) in [5.74, 6) is 0.723.